The predicted octanol–water partition coefficient (Wildman–Crippen LogP) is 1.66. The summed E-state index contributed by atoms with van der Waals surface area (Å²) in [6.07, 6.45) is 0.727. The maximum atomic E-state index is 11.0. The van der Waals surface area contributed by atoms with Gasteiger partial charge in [0.15, 0.2) is 0 Å². The number of hydrogen-bond acceptors (Lipinski definition) is 3. The van der Waals surface area contributed by atoms with Gasteiger partial charge in [0.1, 0.15) is 0 Å². The van der Waals surface area contributed by atoms with Gasteiger partial charge in [0, 0.05) is 10.9 Å². The number of rotatable bonds is 5. The number of nitrogens with one attached hydrogen (secondary N) is 1. The van der Waals surface area contributed by atoms with Crippen molar-refractivity contribution in [2.24, 2.45) is 5.73 Å². The molecule has 0 aliphatic rings. The van der Waals surface area contributed by atoms with Crippen molar-refractivity contribution in [1.82, 2.24) is 5.32 Å². The smallest absolute Gasteiger partial charge is 0.234 e. The molecule has 14 heavy (non-hydrogen) atoms. The molecule has 0 saturated heterocycles. The summed E-state index contributed by atoms with van der Waals surface area (Å²) in [6.45, 7) is 3.99. The lowest BCUT2D eigenvalue weighted by atomic mass is 10.1. The summed E-state index contributed by atoms with van der Waals surface area (Å²) in [5.41, 5.74) is 5.25. The highest BCUT2D eigenvalue weighted by atomic mass is 32.1. The Kier molecular flexibility index (Phi) is 4.10. The topological polar surface area (TPSA) is 55.1 Å². The van der Waals surface area contributed by atoms with Crippen LogP contribution in [0.4, 0.5) is 0 Å². The van der Waals surface area contributed by atoms with E-state index in [1.165, 1.54) is 4.88 Å². The van der Waals surface area contributed by atoms with Crippen LogP contribution < -0.4 is 11.1 Å². The third-order valence-corrected chi connectivity index (χ3v) is 3.23. The zero-order valence-corrected chi connectivity index (χ0v) is 9.30. The first-order valence-corrected chi connectivity index (χ1v) is 5.62. The molecule has 1 rings (SSSR count). The van der Waals surface area contributed by atoms with Crippen LogP contribution in [0, 0.1) is 0 Å². The molecule has 1 unspecified atom stereocenters. The van der Waals surface area contributed by atoms with Crippen LogP contribution in [0.3, 0.4) is 0 Å². The van der Waals surface area contributed by atoms with Crippen LogP contribution in [0.15, 0.2) is 17.5 Å². The largest absolute Gasteiger partial charge is 0.368 e. The van der Waals surface area contributed by atoms with E-state index < -0.39 is 0 Å². The van der Waals surface area contributed by atoms with Crippen molar-refractivity contribution < 1.29 is 4.79 Å². The van der Waals surface area contributed by atoms with Gasteiger partial charge in [-0.2, -0.15) is 0 Å². The van der Waals surface area contributed by atoms with Gasteiger partial charge in [0.25, 0.3) is 0 Å². The van der Waals surface area contributed by atoms with Gasteiger partial charge >= 0.3 is 0 Å². The molecule has 78 valence electrons. The lowest BCUT2D eigenvalue weighted by Gasteiger charge is -2.18. The lowest BCUT2D eigenvalue weighted by molar-refractivity contribution is -0.120. The van der Waals surface area contributed by atoms with Gasteiger partial charge in [0.05, 0.1) is 6.04 Å². The molecular weight excluding hydrogens is 196 g/mol. The Morgan fingerprint density at radius 1 is 1.71 bits per heavy atom. The van der Waals surface area contributed by atoms with Crippen molar-refractivity contribution in [3.05, 3.63) is 22.4 Å². The first kappa shape index (κ1) is 11.2. The molecule has 0 saturated carbocycles. The Morgan fingerprint density at radius 2 is 2.43 bits per heavy atom. The van der Waals surface area contributed by atoms with Crippen LogP contribution in [0.1, 0.15) is 31.2 Å². The van der Waals surface area contributed by atoms with Gasteiger partial charge in [-0.3, -0.25) is 10.1 Å². The predicted molar refractivity (Wildman–Crippen MR) is 59.1 cm³/mol. The second-order valence-corrected chi connectivity index (χ2v) is 4.25. The van der Waals surface area contributed by atoms with E-state index in [1.807, 2.05) is 25.3 Å². The maximum absolute atomic E-state index is 11.0. The second-order valence-electron chi connectivity index (χ2n) is 3.27. The van der Waals surface area contributed by atoms with Crippen molar-refractivity contribution in [1.29, 1.82) is 0 Å². The fraction of sp³-hybridized carbons (Fsp3) is 0.500. The van der Waals surface area contributed by atoms with Crippen LogP contribution in [0.5, 0.6) is 0 Å². The van der Waals surface area contributed by atoms with E-state index >= 15 is 0 Å². The molecule has 0 spiro atoms. The van der Waals surface area contributed by atoms with E-state index in [4.69, 9.17) is 5.73 Å². The average molecular weight is 212 g/mol. The highest BCUT2D eigenvalue weighted by Crippen LogP contribution is 2.18. The quantitative estimate of drug-likeness (QED) is 0.780. The molecule has 1 amide bonds. The summed E-state index contributed by atoms with van der Waals surface area (Å²) in [5.74, 6) is -0.282. The molecule has 1 aromatic heterocycles. The maximum Gasteiger partial charge on any atom is 0.234 e. The Labute approximate surface area is 88.3 Å². The van der Waals surface area contributed by atoms with Gasteiger partial charge in [0.2, 0.25) is 5.91 Å². The SMILES string of the molecule is CCC(N[C@@H](C)c1cccs1)C(N)=O. The minimum absolute atomic E-state index is 0.187. The van der Waals surface area contributed by atoms with Crippen molar-refractivity contribution in [2.45, 2.75) is 32.4 Å². The zero-order chi connectivity index (χ0) is 10.6. The molecule has 2 atom stereocenters. The summed E-state index contributed by atoms with van der Waals surface area (Å²) in [5, 5.41) is 5.23. The Hall–Kier alpha value is -0.870. The number of primary amides is 1. The van der Waals surface area contributed by atoms with E-state index in [0.717, 1.165) is 6.42 Å². The van der Waals surface area contributed by atoms with Crippen LogP contribution in [-0.4, -0.2) is 11.9 Å². The number of carbonyl (C=O) groups is 1. The van der Waals surface area contributed by atoms with E-state index in [9.17, 15) is 4.79 Å². The van der Waals surface area contributed by atoms with E-state index in [0.29, 0.717) is 0 Å². The minimum Gasteiger partial charge on any atom is -0.368 e. The van der Waals surface area contributed by atoms with E-state index in [-0.39, 0.29) is 18.0 Å². The third-order valence-electron chi connectivity index (χ3n) is 2.17. The number of thiophene rings is 1. The standard InChI is InChI=1S/C10H16N2OS/c1-3-8(10(11)13)12-7(2)9-5-4-6-14-9/h4-8,12H,3H2,1-2H3,(H2,11,13)/t7-,8?/m0/s1. The van der Waals surface area contributed by atoms with Crippen LogP contribution in [-0.2, 0) is 4.79 Å². The highest BCUT2D eigenvalue weighted by molar-refractivity contribution is 7.10. The summed E-state index contributed by atoms with van der Waals surface area (Å²) in [6, 6.07) is 4.01. The first-order valence-electron chi connectivity index (χ1n) is 4.74. The number of nitrogens with two attached hydrogens (primary N) is 1. The summed E-state index contributed by atoms with van der Waals surface area (Å²) < 4.78 is 0. The fourth-order valence-corrected chi connectivity index (χ4v) is 2.07. The van der Waals surface area contributed by atoms with Gasteiger partial charge in [-0.05, 0) is 24.8 Å². The van der Waals surface area contributed by atoms with Gasteiger partial charge in [-0.15, -0.1) is 11.3 Å². The summed E-state index contributed by atoms with van der Waals surface area (Å²) in [4.78, 5) is 12.2. The molecular formula is C10H16N2OS. The Bertz CT molecular complexity index is 284. The fourth-order valence-electron chi connectivity index (χ4n) is 1.32. The molecule has 4 heteroatoms. The molecule has 1 aromatic rings. The van der Waals surface area contributed by atoms with Crippen molar-refractivity contribution in [2.75, 3.05) is 0 Å². The van der Waals surface area contributed by atoms with Crippen molar-refractivity contribution in [3.63, 3.8) is 0 Å². The number of amides is 1. The molecule has 0 radical (unpaired) electrons. The summed E-state index contributed by atoms with van der Waals surface area (Å²) in [7, 11) is 0. The highest BCUT2D eigenvalue weighted by Gasteiger charge is 2.16. The number of carbonyl (C=O) groups excluding carboxylic acids is 1. The van der Waals surface area contributed by atoms with Gasteiger partial charge in [-0.25, -0.2) is 0 Å². The second kappa shape index (κ2) is 5.12. The van der Waals surface area contributed by atoms with E-state index in [1.54, 1.807) is 11.3 Å². The molecule has 3 N–H and O–H groups in total. The Morgan fingerprint density at radius 3 is 2.86 bits per heavy atom. The normalized spacial score (nSPS) is 15.0. The van der Waals surface area contributed by atoms with Crippen LogP contribution in [0.25, 0.3) is 0 Å². The van der Waals surface area contributed by atoms with Crippen LogP contribution >= 0.6 is 11.3 Å². The van der Waals surface area contributed by atoms with Gasteiger partial charge in [-0.1, -0.05) is 13.0 Å². The third kappa shape index (κ3) is 2.82. The first-order chi connectivity index (χ1) is 6.65. The zero-order valence-electron chi connectivity index (χ0n) is 8.49. The molecule has 0 bridgehead atoms. The monoisotopic (exact) mass is 212 g/mol. The molecule has 0 fully saturated rings. The summed E-state index contributed by atoms with van der Waals surface area (Å²) >= 11 is 1.68. The number of hydrogen-bond donors (Lipinski definition) is 2. The average Bonchev–Trinajstić information content (AvgIpc) is 2.65. The molecule has 1 heterocycles. The van der Waals surface area contributed by atoms with E-state index in [2.05, 4.69) is 11.4 Å². The molecule has 3 nitrogen and oxygen atoms in total. The van der Waals surface area contributed by atoms with Gasteiger partial charge < -0.3 is 5.73 Å². The molecule has 0 aromatic carbocycles. The molecule has 0 aliphatic carbocycles. The van der Waals surface area contributed by atoms with Crippen molar-refractivity contribution in [3.8, 4) is 0 Å². The Balaban J connectivity index is 2.55. The lowest BCUT2D eigenvalue weighted by Crippen LogP contribution is -2.41. The van der Waals surface area contributed by atoms with Crippen LogP contribution in [0.2, 0.25) is 0 Å². The minimum atomic E-state index is -0.282. The molecule has 0 aliphatic heterocycles. The van der Waals surface area contributed by atoms with Crippen molar-refractivity contribution >= 4 is 17.2 Å².